The Bertz CT molecular complexity index is 457. The third-order valence-corrected chi connectivity index (χ3v) is 4.16. The Balaban J connectivity index is 2.02. The fraction of sp³-hybridized carbons (Fsp3) is 0.615. The minimum Gasteiger partial charge on any atom is -0.356 e. The van der Waals surface area contributed by atoms with E-state index in [0.29, 0.717) is 11.4 Å². The minimum atomic E-state index is -2.68. The van der Waals surface area contributed by atoms with Crippen molar-refractivity contribution in [2.24, 2.45) is 5.73 Å². The van der Waals surface area contributed by atoms with Crippen molar-refractivity contribution in [2.45, 2.75) is 30.6 Å². The molecule has 0 amide bonds. The first-order valence-corrected chi connectivity index (χ1v) is 6.39. The van der Waals surface area contributed by atoms with E-state index in [2.05, 4.69) is 9.88 Å². The largest absolute Gasteiger partial charge is 0.356 e. The third kappa shape index (κ3) is 1.53. The molecule has 98 valence electrons. The van der Waals surface area contributed by atoms with E-state index in [1.165, 1.54) is 0 Å². The van der Waals surface area contributed by atoms with Gasteiger partial charge >= 0.3 is 0 Å². The number of halogens is 2. The molecule has 1 unspecified atom stereocenters. The van der Waals surface area contributed by atoms with Gasteiger partial charge in [-0.3, -0.25) is 0 Å². The van der Waals surface area contributed by atoms with Gasteiger partial charge in [0.25, 0.3) is 5.92 Å². The zero-order chi connectivity index (χ0) is 12.8. The van der Waals surface area contributed by atoms with E-state index in [4.69, 9.17) is 5.73 Å². The lowest BCUT2D eigenvalue weighted by atomic mass is 9.95. The molecule has 3 rings (SSSR count). The second-order valence-electron chi connectivity index (χ2n) is 5.24. The summed E-state index contributed by atoms with van der Waals surface area (Å²) in [6, 6.07) is 3.48. The van der Waals surface area contributed by atoms with Crippen LogP contribution >= 0.6 is 0 Å². The molecule has 1 atom stereocenters. The number of alkyl halides is 2. The van der Waals surface area contributed by atoms with Crippen molar-refractivity contribution in [2.75, 3.05) is 24.5 Å². The molecule has 3 nitrogen and oxygen atoms in total. The molecular weight excluding hydrogens is 236 g/mol. The Hall–Kier alpha value is -1.23. The summed E-state index contributed by atoms with van der Waals surface area (Å²) in [5.41, 5.74) is 5.06. The highest BCUT2D eigenvalue weighted by Crippen LogP contribution is 2.62. The van der Waals surface area contributed by atoms with Crippen molar-refractivity contribution in [3.8, 4) is 0 Å². The molecule has 0 bridgehead atoms. The number of rotatable bonds is 3. The first kappa shape index (κ1) is 11.8. The van der Waals surface area contributed by atoms with Crippen LogP contribution in [0, 0.1) is 0 Å². The van der Waals surface area contributed by atoms with Gasteiger partial charge in [-0.1, -0.05) is 6.07 Å². The summed E-state index contributed by atoms with van der Waals surface area (Å²) in [6.45, 7) is 1.78. The smallest absolute Gasteiger partial charge is 0.260 e. The second-order valence-corrected chi connectivity index (χ2v) is 5.24. The first-order chi connectivity index (χ1) is 8.61. The molecule has 1 aromatic rings. The fourth-order valence-electron chi connectivity index (χ4n) is 2.91. The summed E-state index contributed by atoms with van der Waals surface area (Å²) >= 11 is 0. The Morgan fingerprint density at radius 3 is 2.56 bits per heavy atom. The molecule has 2 heterocycles. The lowest BCUT2D eigenvalue weighted by Gasteiger charge is -2.24. The molecule has 0 radical (unpaired) electrons. The van der Waals surface area contributed by atoms with Crippen LogP contribution in [0.5, 0.6) is 0 Å². The summed E-state index contributed by atoms with van der Waals surface area (Å²) in [4.78, 5) is 6.42. The van der Waals surface area contributed by atoms with E-state index in [1.807, 2.05) is 0 Å². The third-order valence-electron chi connectivity index (χ3n) is 4.16. The number of anilines is 1. The SMILES string of the molecule is NCC1(c2cccnc2N2CCCC2)CC1(F)F. The van der Waals surface area contributed by atoms with Crippen LogP contribution in [0.1, 0.15) is 24.8 Å². The maximum absolute atomic E-state index is 13.7. The topological polar surface area (TPSA) is 42.1 Å². The molecule has 0 aromatic carbocycles. The van der Waals surface area contributed by atoms with Crippen LogP contribution in [0.3, 0.4) is 0 Å². The van der Waals surface area contributed by atoms with Crippen molar-refractivity contribution in [1.29, 1.82) is 0 Å². The predicted molar refractivity (Wildman–Crippen MR) is 66.0 cm³/mol. The van der Waals surface area contributed by atoms with Crippen LogP contribution in [-0.2, 0) is 5.41 Å². The summed E-state index contributed by atoms with van der Waals surface area (Å²) in [7, 11) is 0. The van der Waals surface area contributed by atoms with Crippen molar-refractivity contribution in [1.82, 2.24) is 4.98 Å². The Kier molecular flexibility index (Phi) is 2.55. The average Bonchev–Trinajstić information content (AvgIpc) is 2.78. The van der Waals surface area contributed by atoms with Crippen LogP contribution in [0.4, 0.5) is 14.6 Å². The predicted octanol–water partition coefficient (Wildman–Crippen LogP) is 1.92. The zero-order valence-electron chi connectivity index (χ0n) is 10.2. The van der Waals surface area contributed by atoms with E-state index >= 15 is 0 Å². The van der Waals surface area contributed by atoms with Crippen LogP contribution in [0.2, 0.25) is 0 Å². The molecule has 5 heteroatoms. The standard InChI is InChI=1S/C13H17F2N3/c14-13(15)8-12(13,9-16)10-4-3-5-17-11(10)18-6-1-2-7-18/h3-5H,1-2,6-9,16H2. The van der Waals surface area contributed by atoms with Gasteiger partial charge in [-0.2, -0.15) is 0 Å². The lowest BCUT2D eigenvalue weighted by Crippen LogP contribution is -2.30. The van der Waals surface area contributed by atoms with E-state index in [9.17, 15) is 8.78 Å². The van der Waals surface area contributed by atoms with Crippen LogP contribution in [-0.4, -0.2) is 30.5 Å². The first-order valence-electron chi connectivity index (χ1n) is 6.39. The van der Waals surface area contributed by atoms with Crippen LogP contribution < -0.4 is 10.6 Å². The average molecular weight is 253 g/mol. The maximum Gasteiger partial charge on any atom is 0.260 e. The monoisotopic (exact) mass is 253 g/mol. The number of hydrogen-bond donors (Lipinski definition) is 1. The van der Waals surface area contributed by atoms with Crippen molar-refractivity contribution in [3.63, 3.8) is 0 Å². The molecule has 2 N–H and O–H groups in total. The van der Waals surface area contributed by atoms with Crippen molar-refractivity contribution in [3.05, 3.63) is 23.9 Å². The Morgan fingerprint density at radius 1 is 1.33 bits per heavy atom. The van der Waals surface area contributed by atoms with Gasteiger partial charge in [0.15, 0.2) is 0 Å². The zero-order valence-corrected chi connectivity index (χ0v) is 10.2. The van der Waals surface area contributed by atoms with Gasteiger partial charge in [-0.15, -0.1) is 0 Å². The molecule has 1 aromatic heterocycles. The number of hydrogen-bond acceptors (Lipinski definition) is 3. The summed E-state index contributed by atoms with van der Waals surface area (Å²) in [5.74, 6) is -1.98. The molecule has 1 saturated heterocycles. The van der Waals surface area contributed by atoms with Gasteiger partial charge in [0.05, 0.1) is 5.41 Å². The highest BCUT2D eigenvalue weighted by atomic mass is 19.3. The Morgan fingerprint density at radius 2 is 2.00 bits per heavy atom. The molecule has 2 aliphatic rings. The summed E-state index contributed by atoms with van der Waals surface area (Å²) in [5, 5.41) is 0. The molecule has 2 fully saturated rings. The molecule has 1 saturated carbocycles. The molecule has 1 aliphatic heterocycles. The normalized spacial score (nSPS) is 29.6. The summed E-state index contributed by atoms with van der Waals surface area (Å²) in [6.07, 6.45) is 3.72. The van der Waals surface area contributed by atoms with Crippen molar-refractivity contribution >= 4 is 5.82 Å². The van der Waals surface area contributed by atoms with Crippen LogP contribution in [0.25, 0.3) is 0 Å². The van der Waals surface area contributed by atoms with Gasteiger partial charge < -0.3 is 10.6 Å². The number of pyridine rings is 1. The lowest BCUT2D eigenvalue weighted by molar-refractivity contribution is 0.0896. The van der Waals surface area contributed by atoms with E-state index in [-0.39, 0.29) is 13.0 Å². The highest BCUT2D eigenvalue weighted by Gasteiger charge is 2.72. The molecular formula is C13H17F2N3. The number of nitrogens with two attached hydrogens (primary N) is 1. The van der Waals surface area contributed by atoms with Gasteiger partial charge in [0, 0.05) is 37.8 Å². The molecule has 0 spiro atoms. The van der Waals surface area contributed by atoms with E-state index < -0.39 is 11.3 Å². The molecule has 1 aliphatic carbocycles. The highest BCUT2D eigenvalue weighted by molar-refractivity contribution is 5.56. The fourth-order valence-corrected chi connectivity index (χ4v) is 2.91. The van der Waals surface area contributed by atoms with Gasteiger partial charge in [0.2, 0.25) is 0 Å². The number of aromatic nitrogens is 1. The van der Waals surface area contributed by atoms with Gasteiger partial charge in [-0.05, 0) is 18.9 Å². The van der Waals surface area contributed by atoms with Crippen LogP contribution in [0.15, 0.2) is 18.3 Å². The maximum atomic E-state index is 13.7. The van der Waals surface area contributed by atoms with E-state index in [1.54, 1.807) is 18.3 Å². The van der Waals surface area contributed by atoms with E-state index in [0.717, 1.165) is 25.9 Å². The van der Waals surface area contributed by atoms with Gasteiger partial charge in [-0.25, -0.2) is 13.8 Å². The Labute approximate surface area is 105 Å². The minimum absolute atomic E-state index is 0.0213. The van der Waals surface area contributed by atoms with Crippen molar-refractivity contribution < 1.29 is 8.78 Å². The number of nitrogens with zero attached hydrogens (tertiary/aromatic N) is 2. The second kappa shape index (κ2) is 3.88. The van der Waals surface area contributed by atoms with Gasteiger partial charge in [0.1, 0.15) is 5.82 Å². The quantitative estimate of drug-likeness (QED) is 0.894. The summed E-state index contributed by atoms with van der Waals surface area (Å²) < 4.78 is 27.4. The molecule has 18 heavy (non-hydrogen) atoms.